The lowest BCUT2D eigenvalue weighted by atomic mass is 10.1. The van der Waals surface area contributed by atoms with Crippen LogP contribution in [0.4, 0.5) is 0 Å². The Morgan fingerprint density at radius 3 is 2.65 bits per heavy atom. The van der Waals surface area contributed by atoms with Crippen molar-refractivity contribution in [2.75, 3.05) is 0 Å². The molecule has 0 aliphatic carbocycles. The normalized spacial score (nSPS) is 17.8. The maximum atomic E-state index is 12.4. The second-order valence-corrected chi connectivity index (χ2v) is 6.46. The number of amides is 1. The number of carbonyl (C=O) groups is 3. The van der Waals surface area contributed by atoms with Gasteiger partial charge in [0.25, 0.3) is 5.91 Å². The minimum Gasteiger partial charge on any atom is -0.481 e. The first kappa shape index (κ1) is 17.2. The fourth-order valence-corrected chi connectivity index (χ4v) is 3.37. The van der Waals surface area contributed by atoms with E-state index in [-0.39, 0.29) is 22.1 Å². The average molecular weight is 355 g/mol. The molecule has 7 nitrogen and oxygen atoms in total. The lowest BCUT2D eigenvalue weighted by Gasteiger charge is -2.22. The van der Waals surface area contributed by atoms with Gasteiger partial charge in [-0.2, -0.15) is 0 Å². The minimum atomic E-state index is -1.30. The van der Waals surface area contributed by atoms with Gasteiger partial charge in [0, 0.05) is 12.5 Å². The molecule has 2 rings (SSSR count). The topological polar surface area (TPSA) is 108 Å². The first-order valence-electron chi connectivity index (χ1n) is 6.57. The predicted octanol–water partition coefficient (Wildman–Crippen LogP) is 2.11. The number of furan rings is 1. The molecular weight excluding hydrogens is 342 g/mol. The van der Waals surface area contributed by atoms with E-state index >= 15 is 0 Å². The van der Waals surface area contributed by atoms with Crippen molar-refractivity contribution < 1.29 is 29.0 Å². The number of hydrogen-bond acceptors (Lipinski definition) is 6. The molecule has 1 aliphatic rings. The molecule has 0 radical (unpaired) electrons. The third kappa shape index (κ3) is 3.99. The molecule has 1 amide bonds. The van der Waals surface area contributed by atoms with E-state index in [1.54, 1.807) is 19.1 Å². The summed E-state index contributed by atoms with van der Waals surface area (Å²) >= 11 is 6.04. The van der Waals surface area contributed by atoms with Gasteiger partial charge in [0.2, 0.25) is 0 Å². The van der Waals surface area contributed by atoms with Crippen molar-refractivity contribution in [3.63, 3.8) is 0 Å². The number of nitrogens with zero attached hydrogens (tertiary/aromatic N) is 1. The number of aliphatic carboxylic acids is 2. The number of carboxylic acid groups (broad SMARTS) is 2. The summed E-state index contributed by atoms with van der Waals surface area (Å²) in [5.74, 6) is -1.86. The molecule has 9 heteroatoms. The SMILES string of the molecule is Cc1ccc(C=C2SC(=S)N(C(CCC(=O)O)C(=O)O)C2=O)o1. The molecule has 122 valence electrons. The van der Waals surface area contributed by atoms with Crippen LogP contribution in [-0.4, -0.2) is 43.3 Å². The summed E-state index contributed by atoms with van der Waals surface area (Å²) in [7, 11) is 0. The first-order chi connectivity index (χ1) is 10.8. The molecule has 1 fully saturated rings. The van der Waals surface area contributed by atoms with Crippen molar-refractivity contribution in [3.05, 3.63) is 28.6 Å². The Morgan fingerprint density at radius 1 is 1.43 bits per heavy atom. The molecule has 0 bridgehead atoms. The van der Waals surface area contributed by atoms with Crippen LogP contribution in [0.2, 0.25) is 0 Å². The summed E-state index contributed by atoms with van der Waals surface area (Å²) in [5, 5.41) is 18.0. The number of hydrogen-bond donors (Lipinski definition) is 2. The van der Waals surface area contributed by atoms with Crippen LogP contribution in [0, 0.1) is 6.92 Å². The molecule has 1 saturated heterocycles. The van der Waals surface area contributed by atoms with Gasteiger partial charge < -0.3 is 14.6 Å². The van der Waals surface area contributed by atoms with E-state index in [0.717, 1.165) is 16.7 Å². The molecule has 1 unspecified atom stereocenters. The lowest BCUT2D eigenvalue weighted by molar-refractivity contribution is -0.146. The van der Waals surface area contributed by atoms with Crippen LogP contribution >= 0.6 is 24.0 Å². The van der Waals surface area contributed by atoms with Gasteiger partial charge >= 0.3 is 11.9 Å². The van der Waals surface area contributed by atoms with Crippen LogP contribution in [0.15, 0.2) is 21.5 Å². The highest BCUT2D eigenvalue weighted by molar-refractivity contribution is 8.26. The molecule has 1 atom stereocenters. The number of thiocarbonyl (C=S) groups is 1. The Kier molecular flexibility index (Phi) is 5.22. The van der Waals surface area contributed by atoms with Crippen LogP contribution in [0.25, 0.3) is 6.08 Å². The zero-order valence-corrected chi connectivity index (χ0v) is 13.6. The summed E-state index contributed by atoms with van der Waals surface area (Å²) in [6.45, 7) is 1.76. The molecule has 1 aromatic rings. The van der Waals surface area contributed by atoms with Gasteiger partial charge in [-0.3, -0.25) is 14.5 Å². The second kappa shape index (κ2) is 6.97. The van der Waals surface area contributed by atoms with Gasteiger partial charge in [-0.1, -0.05) is 24.0 Å². The molecule has 2 N–H and O–H groups in total. The number of rotatable bonds is 6. The van der Waals surface area contributed by atoms with Crippen molar-refractivity contribution in [1.82, 2.24) is 4.90 Å². The summed E-state index contributed by atoms with van der Waals surface area (Å²) in [6, 6.07) is 2.11. The largest absolute Gasteiger partial charge is 0.481 e. The molecular formula is C14H13NO6S2. The summed E-state index contributed by atoms with van der Waals surface area (Å²) in [5.41, 5.74) is 0. The van der Waals surface area contributed by atoms with Gasteiger partial charge in [0.1, 0.15) is 21.9 Å². The molecule has 0 aromatic carbocycles. The molecule has 0 saturated carbocycles. The van der Waals surface area contributed by atoms with Crippen LogP contribution in [0.1, 0.15) is 24.4 Å². The van der Waals surface area contributed by atoms with Crippen molar-refractivity contribution >= 4 is 52.2 Å². The molecule has 23 heavy (non-hydrogen) atoms. The molecule has 1 aromatic heterocycles. The van der Waals surface area contributed by atoms with Gasteiger partial charge in [-0.25, -0.2) is 4.79 Å². The molecule has 2 heterocycles. The van der Waals surface area contributed by atoms with E-state index in [1.807, 2.05) is 0 Å². The maximum absolute atomic E-state index is 12.4. The van der Waals surface area contributed by atoms with Crippen molar-refractivity contribution in [3.8, 4) is 0 Å². The highest BCUT2D eigenvalue weighted by Crippen LogP contribution is 2.35. The van der Waals surface area contributed by atoms with E-state index in [2.05, 4.69) is 0 Å². The maximum Gasteiger partial charge on any atom is 0.326 e. The third-order valence-electron chi connectivity index (χ3n) is 3.09. The minimum absolute atomic E-state index is 0.0855. The number of thioether (sulfide) groups is 1. The molecule has 0 spiro atoms. The Labute approximate surface area is 140 Å². The lowest BCUT2D eigenvalue weighted by Crippen LogP contribution is -2.44. The second-order valence-electron chi connectivity index (χ2n) is 4.79. The van der Waals surface area contributed by atoms with Crippen LogP contribution in [-0.2, 0) is 14.4 Å². The van der Waals surface area contributed by atoms with Crippen LogP contribution in [0.3, 0.4) is 0 Å². The summed E-state index contributed by atoms with van der Waals surface area (Å²) < 4.78 is 5.44. The van der Waals surface area contributed by atoms with E-state index in [0.29, 0.717) is 11.5 Å². The van der Waals surface area contributed by atoms with Crippen LogP contribution < -0.4 is 0 Å². The standard InChI is InChI=1S/C14H13NO6S2/c1-7-2-3-8(21-7)6-10-12(18)15(14(22)23-10)9(13(19)20)4-5-11(16)17/h2-3,6,9H,4-5H2,1H3,(H,16,17)(H,19,20). The Bertz CT molecular complexity index is 708. The fourth-order valence-electron chi connectivity index (χ4n) is 2.03. The summed E-state index contributed by atoms with van der Waals surface area (Å²) in [6.07, 6.45) is 0.900. The smallest absolute Gasteiger partial charge is 0.326 e. The third-order valence-corrected chi connectivity index (χ3v) is 4.42. The van der Waals surface area contributed by atoms with E-state index in [1.165, 1.54) is 6.08 Å². The van der Waals surface area contributed by atoms with Gasteiger partial charge in [-0.15, -0.1) is 0 Å². The van der Waals surface area contributed by atoms with Crippen LogP contribution in [0.5, 0.6) is 0 Å². The quantitative estimate of drug-likeness (QED) is 0.590. The summed E-state index contributed by atoms with van der Waals surface area (Å²) in [4.78, 5) is 35.6. The highest BCUT2D eigenvalue weighted by Gasteiger charge is 2.40. The zero-order chi connectivity index (χ0) is 17.1. The van der Waals surface area contributed by atoms with E-state index in [4.69, 9.17) is 21.7 Å². The van der Waals surface area contributed by atoms with Crippen molar-refractivity contribution in [2.45, 2.75) is 25.8 Å². The van der Waals surface area contributed by atoms with E-state index < -0.39 is 23.9 Å². The number of carboxylic acids is 2. The number of aryl methyl sites for hydroxylation is 1. The zero-order valence-electron chi connectivity index (χ0n) is 12.0. The first-order valence-corrected chi connectivity index (χ1v) is 7.80. The monoisotopic (exact) mass is 355 g/mol. The van der Waals surface area contributed by atoms with Crippen molar-refractivity contribution in [1.29, 1.82) is 0 Å². The molecule has 1 aliphatic heterocycles. The van der Waals surface area contributed by atoms with Gasteiger partial charge in [0.05, 0.1) is 4.91 Å². The Hall–Kier alpha value is -2.13. The van der Waals surface area contributed by atoms with E-state index in [9.17, 15) is 19.5 Å². The highest BCUT2D eigenvalue weighted by atomic mass is 32.2. The average Bonchev–Trinajstić information content (AvgIpc) is 2.96. The number of carbonyl (C=O) groups excluding carboxylic acids is 1. The fraction of sp³-hybridized carbons (Fsp3) is 0.286. The van der Waals surface area contributed by atoms with Gasteiger partial charge in [0.15, 0.2) is 0 Å². The predicted molar refractivity (Wildman–Crippen MR) is 86.8 cm³/mol. The Morgan fingerprint density at radius 2 is 2.13 bits per heavy atom. The van der Waals surface area contributed by atoms with Gasteiger partial charge in [-0.05, 0) is 25.5 Å². The Balaban J connectivity index is 2.24. The van der Waals surface area contributed by atoms with Crippen molar-refractivity contribution in [2.24, 2.45) is 0 Å².